The van der Waals surface area contributed by atoms with Crippen molar-refractivity contribution in [2.75, 3.05) is 78.1 Å². The summed E-state index contributed by atoms with van der Waals surface area (Å²) in [5.41, 5.74) is 2.48. The Bertz CT molecular complexity index is 565. The number of guanidine groups is 1. The summed E-state index contributed by atoms with van der Waals surface area (Å²) in [4.78, 5) is 9.39. The van der Waals surface area contributed by atoms with Crippen molar-refractivity contribution in [3.63, 3.8) is 0 Å². The van der Waals surface area contributed by atoms with Crippen LogP contribution in [0.15, 0.2) is 29.3 Å². The van der Waals surface area contributed by atoms with Gasteiger partial charge in [-0.05, 0) is 38.1 Å². The molecule has 0 aromatic heterocycles. The molecule has 0 atom stereocenters. The van der Waals surface area contributed by atoms with Crippen LogP contribution in [-0.4, -0.2) is 84.1 Å². The number of aliphatic imine (C=N–C) groups is 1. The molecule has 1 aliphatic rings. The molecule has 1 aromatic carbocycles. The summed E-state index contributed by atoms with van der Waals surface area (Å²) < 4.78 is 10.5. The Morgan fingerprint density at radius 3 is 2.55 bits per heavy atom. The third kappa shape index (κ3) is 10.5. The maximum Gasteiger partial charge on any atom is 0.191 e. The number of benzene rings is 1. The van der Waals surface area contributed by atoms with Gasteiger partial charge in [0.05, 0.1) is 19.8 Å². The molecule has 0 aliphatic carbocycles. The molecule has 1 heterocycles. The SMILES string of the molecule is CCNC(=NCc1ccc(N2CCOCC2)cc1)NCCN(C)CCCOC.I. The minimum atomic E-state index is 0. The van der Waals surface area contributed by atoms with E-state index in [4.69, 9.17) is 14.5 Å². The molecule has 1 aliphatic heterocycles. The van der Waals surface area contributed by atoms with Crippen molar-refractivity contribution in [1.29, 1.82) is 0 Å². The lowest BCUT2D eigenvalue weighted by Crippen LogP contribution is -2.41. The highest BCUT2D eigenvalue weighted by Gasteiger charge is 2.10. The lowest BCUT2D eigenvalue weighted by Gasteiger charge is -2.28. The van der Waals surface area contributed by atoms with E-state index >= 15 is 0 Å². The highest BCUT2D eigenvalue weighted by molar-refractivity contribution is 14.0. The Kier molecular flexibility index (Phi) is 14.0. The number of rotatable bonds is 11. The molecule has 0 radical (unpaired) electrons. The molecule has 1 aromatic rings. The maximum atomic E-state index is 5.42. The Balaban J connectivity index is 0.00000420. The van der Waals surface area contributed by atoms with Crippen molar-refractivity contribution in [2.24, 2.45) is 4.99 Å². The highest BCUT2D eigenvalue weighted by Crippen LogP contribution is 2.17. The second-order valence-corrected chi connectivity index (χ2v) is 7.04. The van der Waals surface area contributed by atoms with Gasteiger partial charge in [-0.2, -0.15) is 0 Å². The van der Waals surface area contributed by atoms with Crippen LogP contribution in [0.5, 0.6) is 0 Å². The van der Waals surface area contributed by atoms with E-state index in [0.29, 0.717) is 6.54 Å². The first-order valence-corrected chi connectivity index (χ1v) is 10.3. The van der Waals surface area contributed by atoms with E-state index in [2.05, 4.69) is 58.7 Å². The van der Waals surface area contributed by atoms with Crippen molar-refractivity contribution in [2.45, 2.75) is 19.9 Å². The standard InChI is InChI=1S/C21H37N5O2.HI/c1-4-22-21(23-10-12-25(2)11-5-15-27-3)24-18-19-6-8-20(9-7-19)26-13-16-28-17-14-26;/h6-9H,4-5,10-18H2,1-3H3,(H2,22,23,24);1H. The summed E-state index contributed by atoms with van der Waals surface area (Å²) in [5.74, 6) is 0.866. The number of morpholine rings is 1. The number of hydrogen-bond acceptors (Lipinski definition) is 5. The monoisotopic (exact) mass is 519 g/mol. The van der Waals surface area contributed by atoms with Gasteiger partial charge in [0.2, 0.25) is 0 Å². The van der Waals surface area contributed by atoms with Crippen LogP contribution in [0.1, 0.15) is 18.9 Å². The molecule has 8 heteroatoms. The van der Waals surface area contributed by atoms with Crippen molar-refractivity contribution in [1.82, 2.24) is 15.5 Å². The fraction of sp³-hybridized carbons (Fsp3) is 0.667. The number of anilines is 1. The smallest absolute Gasteiger partial charge is 0.191 e. The Labute approximate surface area is 193 Å². The van der Waals surface area contributed by atoms with Crippen molar-refractivity contribution < 1.29 is 9.47 Å². The average molecular weight is 519 g/mol. The van der Waals surface area contributed by atoms with E-state index in [1.807, 2.05) is 0 Å². The van der Waals surface area contributed by atoms with E-state index in [1.54, 1.807) is 7.11 Å². The second-order valence-electron chi connectivity index (χ2n) is 7.04. The molecule has 0 bridgehead atoms. The number of likely N-dealkylation sites (N-methyl/N-ethyl adjacent to an activating group) is 1. The van der Waals surface area contributed by atoms with Gasteiger partial charge >= 0.3 is 0 Å². The minimum Gasteiger partial charge on any atom is -0.385 e. The van der Waals surface area contributed by atoms with Crippen LogP contribution in [0, 0.1) is 0 Å². The predicted octanol–water partition coefficient (Wildman–Crippen LogP) is 2.16. The summed E-state index contributed by atoms with van der Waals surface area (Å²) in [6.07, 6.45) is 1.06. The van der Waals surface area contributed by atoms with Gasteiger partial charge in [0.1, 0.15) is 0 Å². The fourth-order valence-electron chi connectivity index (χ4n) is 3.10. The molecule has 1 fully saturated rings. The third-order valence-electron chi connectivity index (χ3n) is 4.75. The zero-order valence-electron chi connectivity index (χ0n) is 18.2. The summed E-state index contributed by atoms with van der Waals surface area (Å²) in [7, 11) is 3.88. The van der Waals surface area contributed by atoms with E-state index in [0.717, 1.165) is 71.5 Å². The molecule has 0 amide bonds. The van der Waals surface area contributed by atoms with Gasteiger partial charge in [0.25, 0.3) is 0 Å². The Morgan fingerprint density at radius 1 is 1.17 bits per heavy atom. The summed E-state index contributed by atoms with van der Waals surface area (Å²) in [6, 6.07) is 8.71. The summed E-state index contributed by atoms with van der Waals surface area (Å²) in [6.45, 7) is 10.9. The van der Waals surface area contributed by atoms with Crippen LogP contribution in [0.3, 0.4) is 0 Å². The van der Waals surface area contributed by atoms with E-state index in [-0.39, 0.29) is 24.0 Å². The maximum absolute atomic E-state index is 5.42. The van der Waals surface area contributed by atoms with Gasteiger partial charge < -0.3 is 29.9 Å². The molecule has 0 saturated carbocycles. The molecule has 0 unspecified atom stereocenters. The zero-order valence-corrected chi connectivity index (χ0v) is 20.5. The molecule has 0 spiro atoms. The number of halogens is 1. The Morgan fingerprint density at radius 2 is 1.90 bits per heavy atom. The highest BCUT2D eigenvalue weighted by atomic mass is 127. The number of ether oxygens (including phenoxy) is 2. The lowest BCUT2D eigenvalue weighted by molar-refractivity contribution is 0.122. The van der Waals surface area contributed by atoms with Gasteiger partial charge in [-0.3, -0.25) is 0 Å². The number of methoxy groups -OCH3 is 1. The van der Waals surface area contributed by atoms with Crippen molar-refractivity contribution >= 4 is 35.6 Å². The molecule has 166 valence electrons. The molecule has 2 N–H and O–H groups in total. The summed E-state index contributed by atoms with van der Waals surface area (Å²) >= 11 is 0. The van der Waals surface area contributed by atoms with Crippen LogP contribution in [0.4, 0.5) is 5.69 Å². The minimum absolute atomic E-state index is 0. The van der Waals surface area contributed by atoms with Crippen molar-refractivity contribution in [3.05, 3.63) is 29.8 Å². The predicted molar refractivity (Wildman–Crippen MR) is 132 cm³/mol. The van der Waals surface area contributed by atoms with E-state index < -0.39 is 0 Å². The first kappa shape index (κ1) is 25.9. The first-order chi connectivity index (χ1) is 13.7. The topological polar surface area (TPSA) is 61.4 Å². The van der Waals surface area contributed by atoms with Crippen LogP contribution in [0.25, 0.3) is 0 Å². The Hall–Kier alpha value is -1.10. The lowest BCUT2D eigenvalue weighted by atomic mass is 10.2. The van der Waals surface area contributed by atoms with Gasteiger partial charge in [-0.15, -0.1) is 24.0 Å². The molecular weight excluding hydrogens is 481 g/mol. The molecule has 2 rings (SSSR count). The van der Waals surface area contributed by atoms with Crippen LogP contribution in [-0.2, 0) is 16.0 Å². The first-order valence-electron chi connectivity index (χ1n) is 10.3. The van der Waals surface area contributed by atoms with Gasteiger partial charge in [-0.1, -0.05) is 12.1 Å². The quantitative estimate of drug-likeness (QED) is 0.202. The van der Waals surface area contributed by atoms with Crippen LogP contribution in [0.2, 0.25) is 0 Å². The number of hydrogen-bond donors (Lipinski definition) is 2. The second kappa shape index (κ2) is 15.7. The van der Waals surface area contributed by atoms with E-state index in [1.165, 1.54) is 11.3 Å². The summed E-state index contributed by atoms with van der Waals surface area (Å²) in [5, 5.41) is 6.74. The normalized spacial score (nSPS) is 14.6. The number of nitrogens with zero attached hydrogens (tertiary/aromatic N) is 3. The zero-order chi connectivity index (χ0) is 20.0. The largest absolute Gasteiger partial charge is 0.385 e. The molecular formula is C21H38IN5O2. The molecule has 29 heavy (non-hydrogen) atoms. The molecule has 7 nitrogen and oxygen atoms in total. The van der Waals surface area contributed by atoms with Gasteiger partial charge in [-0.25, -0.2) is 4.99 Å². The van der Waals surface area contributed by atoms with Gasteiger partial charge in [0, 0.05) is 58.7 Å². The van der Waals surface area contributed by atoms with Crippen LogP contribution >= 0.6 is 24.0 Å². The molecule has 1 saturated heterocycles. The fourth-order valence-corrected chi connectivity index (χ4v) is 3.10. The average Bonchev–Trinajstić information content (AvgIpc) is 2.73. The van der Waals surface area contributed by atoms with Crippen molar-refractivity contribution in [3.8, 4) is 0 Å². The third-order valence-corrected chi connectivity index (χ3v) is 4.75. The van der Waals surface area contributed by atoms with Crippen LogP contribution < -0.4 is 15.5 Å². The van der Waals surface area contributed by atoms with Gasteiger partial charge in [0.15, 0.2) is 5.96 Å². The number of nitrogens with one attached hydrogen (secondary N) is 2. The van der Waals surface area contributed by atoms with E-state index in [9.17, 15) is 0 Å².